The number of aromatic nitrogens is 3. The maximum atomic E-state index is 8.83. The first-order chi connectivity index (χ1) is 9.86. The molecule has 0 unspecified atom stereocenters. The molecule has 0 spiro atoms. The Morgan fingerprint density at radius 2 is 1.75 bits per heavy atom. The molecule has 4 nitrogen and oxygen atoms in total. The Bertz CT molecular complexity index is 736. The third-order valence-electron chi connectivity index (χ3n) is 3.10. The monoisotopic (exact) mass is 260 g/mol. The number of hydrogen-bond acceptors (Lipinski definition) is 3. The Morgan fingerprint density at radius 3 is 2.45 bits per heavy atom. The summed E-state index contributed by atoms with van der Waals surface area (Å²) >= 11 is 0. The standard InChI is InChI=1S/C16H12N4/c17-10-13-6-8-15(9-7-13)16-11-18-19-20(16)12-14-4-2-1-3-5-14/h1-9,11H,12H2. The van der Waals surface area contributed by atoms with Crippen LogP contribution in [0.15, 0.2) is 60.8 Å². The molecular weight excluding hydrogens is 248 g/mol. The van der Waals surface area contributed by atoms with E-state index < -0.39 is 0 Å². The van der Waals surface area contributed by atoms with Gasteiger partial charge in [-0.3, -0.25) is 0 Å². The van der Waals surface area contributed by atoms with Crippen LogP contribution in [0.4, 0.5) is 0 Å². The molecule has 0 saturated heterocycles. The van der Waals surface area contributed by atoms with Crippen LogP contribution in [-0.4, -0.2) is 15.0 Å². The molecule has 0 aliphatic heterocycles. The van der Waals surface area contributed by atoms with Crippen molar-refractivity contribution < 1.29 is 0 Å². The van der Waals surface area contributed by atoms with E-state index in [9.17, 15) is 0 Å². The van der Waals surface area contributed by atoms with E-state index in [0.717, 1.165) is 11.3 Å². The number of nitriles is 1. The topological polar surface area (TPSA) is 54.5 Å². The van der Waals surface area contributed by atoms with Gasteiger partial charge in [0.1, 0.15) is 0 Å². The van der Waals surface area contributed by atoms with Gasteiger partial charge in [0.15, 0.2) is 0 Å². The highest BCUT2D eigenvalue weighted by Gasteiger charge is 2.07. The van der Waals surface area contributed by atoms with Crippen molar-refractivity contribution in [1.29, 1.82) is 5.26 Å². The van der Waals surface area contributed by atoms with Gasteiger partial charge in [-0.1, -0.05) is 47.7 Å². The van der Waals surface area contributed by atoms with Gasteiger partial charge >= 0.3 is 0 Å². The molecular formula is C16H12N4. The molecule has 0 atom stereocenters. The lowest BCUT2D eigenvalue weighted by Gasteiger charge is -2.06. The fourth-order valence-corrected chi connectivity index (χ4v) is 2.07. The van der Waals surface area contributed by atoms with Gasteiger partial charge in [0, 0.05) is 5.56 Å². The summed E-state index contributed by atoms with van der Waals surface area (Å²) in [4.78, 5) is 0. The van der Waals surface area contributed by atoms with Gasteiger partial charge in [0.2, 0.25) is 0 Å². The van der Waals surface area contributed by atoms with E-state index in [-0.39, 0.29) is 0 Å². The van der Waals surface area contributed by atoms with Crippen LogP contribution in [0.5, 0.6) is 0 Å². The van der Waals surface area contributed by atoms with Crippen molar-refractivity contribution in [1.82, 2.24) is 15.0 Å². The second kappa shape index (κ2) is 5.37. The Morgan fingerprint density at radius 1 is 1.00 bits per heavy atom. The van der Waals surface area contributed by atoms with Crippen LogP contribution in [0, 0.1) is 11.3 Å². The lowest BCUT2D eigenvalue weighted by Crippen LogP contribution is -2.03. The number of nitrogens with zero attached hydrogens (tertiary/aromatic N) is 4. The summed E-state index contributed by atoms with van der Waals surface area (Å²) in [5.74, 6) is 0. The van der Waals surface area contributed by atoms with Crippen molar-refractivity contribution >= 4 is 0 Å². The molecule has 3 aromatic rings. The molecule has 0 saturated carbocycles. The van der Waals surface area contributed by atoms with Crippen LogP contribution >= 0.6 is 0 Å². The van der Waals surface area contributed by atoms with Crippen molar-refractivity contribution in [2.45, 2.75) is 6.54 Å². The van der Waals surface area contributed by atoms with Gasteiger partial charge in [-0.05, 0) is 17.7 Å². The molecule has 20 heavy (non-hydrogen) atoms. The largest absolute Gasteiger partial charge is 0.240 e. The molecule has 0 radical (unpaired) electrons. The van der Waals surface area contributed by atoms with Crippen molar-refractivity contribution in [3.05, 3.63) is 71.9 Å². The summed E-state index contributed by atoms with van der Waals surface area (Å²) in [6, 6.07) is 19.7. The lowest BCUT2D eigenvalue weighted by atomic mass is 10.1. The first kappa shape index (κ1) is 12.1. The molecule has 0 fully saturated rings. The Kier molecular flexibility index (Phi) is 3.25. The predicted molar refractivity (Wildman–Crippen MR) is 75.7 cm³/mol. The van der Waals surface area contributed by atoms with Crippen LogP contribution in [0.25, 0.3) is 11.3 Å². The minimum Gasteiger partial charge on any atom is -0.240 e. The predicted octanol–water partition coefficient (Wildman–Crippen LogP) is 2.87. The quantitative estimate of drug-likeness (QED) is 0.727. The maximum absolute atomic E-state index is 8.83. The molecule has 0 bridgehead atoms. The summed E-state index contributed by atoms with van der Waals surface area (Å²) in [5.41, 5.74) is 3.77. The second-order valence-electron chi connectivity index (χ2n) is 4.45. The van der Waals surface area contributed by atoms with E-state index in [1.165, 1.54) is 5.56 Å². The third-order valence-corrected chi connectivity index (χ3v) is 3.10. The van der Waals surface area contributed by atoms with Gasteiger partial charge in [-0.2, -0.15) is 5.26 Å². The minimum atomic E-state index is 0.649. The number of rotatable bonds is 3. The summed E-state index contributed by atoms with van der Waals surface area (Å²) in [7, 11) is 0. The minimum absolute atomic E-state index is 0.649. The summed E-state index contributed by atoms with van der Waals surface area (Å²) in [6.45, 7) is 0.677. The van der Waals surface area contributed by atoms with Crippen molar-refractivity contribution in [3.63, 3.8) is 0 Å². The van der Waals surface area contributed by atoms with E-state index >= 15 is 0 Å². The Labute approximate surface area is 116 Å². The summed E-state index contributed by atoms with van der Waals surface area (Å²) in [6.07, 6.45) is 1.74. The molecule has 4 heteroatoms. The van der Waals surface area contributed by atoms with Crippen molar-refractivity contribution in [3.8, 4) is 17.3 Å². The average Bonchev–Trinajstić information content (AvgIpc) is 2.96. The van der Waals surface area contributed by atoms with Crippen molar-refractivity contribution in [2.24, 2.45) is 0 Å². The van der Waals surface area contributed by atoms with Crippen molar-refractivity contribution in [2.75, 3.05) is 0 Å². The van der Waals surface area contributed by atoms with Gasteiger partial charge in [0.25, 0.3) is 0 Å². The zero-order valence-electron chi connectivity index (χ0n) is 10.8. The fourth-order valence-electron chi connectivity index (χ4n) is 2.07. The third kappa shape index (κ3) is 2.43. The lowest BCUT2D eigenvalue weighted by molar-refractivity contribution is 0.655. The van der Waals surface area contributed by atoms with Gasteiger partial charge in [0.05, 0.1) is 30.1 Å². The molecule has 0 N–H and O–H groups in total. The van der Waals surface area contributed by atoms with E-state index in [0.29, 0.717) is 12.1 Å². The molecule has 0 aliphatic rings. The van der Waals surface area contributed by atoms with Crippen LogP contribution in [0.2, 0.25) is 0 Å². The Balaban J connectivity index is 1.92. The highest BCUT2D eigenvalue weighted by atomic mass is 15.4. The molecule has 1 aromatic heterocycles. The van der Waals surface area contributed by atoms with Gasteiger partial charge in [-0.15, -0.1) is 5.10 Å². The first-order valence-electron chi connectivity index (χ1n) is 6.30. The SMILES string of the molecule is N#Cc1ccc(-c2cnnn2Cc2ccccc2)cc1. The average molecular weight is 260 g/mol. The van der Waals surface area contributed by atoms with E-state index in [4.69, 9.17) is 5.26 Å². The molecule has 0 aliphatic carbocycles. The highest BCUT2D eigenvalue weighted by molar-refractivity contribution is 5.59. The molecule has 1 heterocycles. The zero-order valence-corrected chi connectivity index (χ0v) is 10.8. The van der Waals surface area contributed by atoms with Gasteiger partial charge < -0.3 is 0 Å². The fraction of sp³-hybridized carbons (Fsp3) is 0.0625. The van der Waals surface area contributed by atoms with E-state index in [1.54, 1.807) is 18.3 Å². The molecule has 3 rings (SSSR count). The number of hydrogen-bond donors (Lipinski definition) is 0. The molecule has 0 amide bonds. The first-order valence-corrected chi connectivity index (χ1v) is 6.30. The van der Waals surface area contributed by atoms with Crippen LogP contribution in [0.1, 0.15) is 11.1 Å². The van der Waals surface area contributed by atoms with E-state index in [1.807, 2.05) is 35.0 Å². The normalized spacial score (nSPS) is 10.2. The smallest absolute Gasteiger partial charge is 0.0991 e. The summed E-state index contributed by atoms with van der Waals surface area (Å²) in [5, 5.41) is 16.9. The highest BCUT2D eigenvalue weighted by Crippen LogP contribution is 2.19. The molecule has 2 aromatic carbocycles. The van der Waals surface area contributed by atoms with Crippen LogP contribution in [-0.2, 0) is 6.54 Å². The number of benzene rings is 2. The van der Waals surface area contributed by atoms with Gasteiger partial charge in [-0.25, -0.2) is 4.68 Å². The summed E-state index contributed by atoms with van der Waals surface area (Å²) < 4.78 is 1.86. The maximum Gasteiger partial charge on any atom is 0.0991 e. The van der Waals surface area contributed by atoms with Crippen LogP contribution < -0.4 is 0 Å². The Hall–Kier alpha value is -2.93. The van der Waals surface area contributed by atoms with Crippen LogP contribution in [0.3, 0.4) is 0 Å². The zero-order chi connectivity index (χ0) is 13.8. The second-order valence-corrected chi connectivity index (χ2v) is 4.45. The van der Waals surface area contributed by atoms with E-state index in [2.05, 4.69) is 28.5 Å². The molecule has 96 valence electrons.